The number of carbonyl (C=O) groups is 2. The summed E-state index contributed by atoms with van der Waals surface area (Å²) in [6.45, 7) is 2.27. The summed E-state index contributed by atoms with van der Waals surface area (Å²) in [5.74, 6) is -1.13. The Kier molecular flexibility index (Phi) is 8.89. The van der Waals surface area contributed by atoms with Gasteiger partial charge in [-0.15, -0.1) is 0 Å². The Morgan fingerprint density at radius 1 is 1.14 bits per heavy atom. The first kappa shape index (κ1) is 22.6. The van der Waals surface area contributed by atoms with Crippen LogP contribution in [0, 0.1) is 12.7 Å². The van der Waals surface area contributed by atoms with Gasteiger partial charge in [0.25, 0.3) is 5.91 Å². The summed E-state index contributed by atoms with van der Waals surface area (Å²) in [4.78, 5) is 23.6. The van der Waals surface area contributed by atoms with E-state index in [4.69, 9.17) is 16.3 Å². The van der Waals surface area contributed by atoms with Crippen molar-refractivity contribution in [3.63, 3.8) is 0 Å². The smallest absolute Gasteiger partial charge is 0.257 e. The fourth-order valence-electron chi connectivity index (χ4n) is 2.44. The third-order valence-corrected chi connectivity index (χ3v) is 4.40. The van der Waals surface area contributed by atoms with E-state index in [9.17, 15) is 19.1 Å². The van der Waals surface area contributed by atoms with Gasteiger partial charge in [-0.2, -0.15) is 0 Å². The molecular formula is C21H24ClFN2O4. The molecule has 0 heterocycles. The fraction of sp³-hybridized carbons (Fsp3) is 0.333. The highest BCUT2D eigenvalue weighted by Gasteiger charge is 2.12. The predicted molar refractivity (Wildman–Crippen MR) is 108 cm³/mol. The lowest BCUT2D eigenvalue weighted by molar-refractivity contribution is -0.123. The second kappa shape index (κ2) is 11.4. The number of rotatable bonds is 10. The number of halogens is 2. The maximum absolute atomic E-state index is 13.3. The molecular weight excluding hydrogens is 399 g/mol. The van der Waals surface area contributed by atoms with Crippen molar-refractivity contribution in [2.75, 3.05) is 13.2 Å². The molecule has 2 amide bonds. The summed E-state index contributed by atoms with van der Waals surface area (Å²) in [6, 6.07) is 11.7. The van der Waals surface area contributed by atoms with E-state index >= 15 is 0 Å². The molecule has 3 N–H and O–H groups in total. The van der Waals surface area contributed by atoms with Crippen molar-refractivity contribution in [3.05, 3.63) is 64.4 Å². The average molecular weight is 423 g/mol. The number of benzene rings is 2. The lowest BCUT2D eigenvalue weighted by Crippen LogP contribution is -2.33. The monoisotopic (exact) mass is 422 g/mol. The molecule has 1 unspecified atom stereocenters. The second-order valence-electron chi connectivity index (χ2n) is 6.62. The number of amides is 2. The van der Waals surface area contributed by atoms with Crippen molar-refractivity contribution < 1.29 is 23.8 Å². The minimum atomic E-state index is -0.875. The van der Waals surface area contributed by atoms with Crippen LogP contribution < -0.4 is 15.4 Å². The lowest BCUT2D eigenvalue weighted by Gasteiger charge is -2.12. The minimum Gasteiger partial charge on any atom is -0.484 e. The van der Waals surface area contributed by atoms with E-state index in [-0.39, 0.29) is 42.7 Å². The molecule has 0 aliphatic carbocycles. The zero-order chi connectivity index (χ0) is 21.2. The molecule has 6 nitrogen and oxygen atoms in total. The topological polar surface area (TPSA) is 87.7 Å². The Hall–Kier alpha value is -2.64. The Morgan fingerprint density at radius 3 is 2.55 bits per heavy atom. The van der Waals surface area contributed by atoms with Gasteiger partial charge in [0.15, 0.2) is 6.61 Å². The summed E-state index contributed by atoms with van der Waals surface area (Å²) in [7, 11) is 0. The molecule has 29 heavy (non-hydrogen) atoms. The predicted octanol–water partition coefficient (Wildman–Crippen LogP) is 2.74. The quantitative estimate of drug-likeness (QED) is 0.549. The third kappa shape index (κ3) is 8.50. The normalized spacial score (nSPS) is 11.6. The summed E-state index contributed by atoms with van der Waals surface area (Å²) in [5, 5.41) is 15.2. The van der Waals surface area contributed by atoms with Gasteiger partial charge in [-0.05, 0) is 31.0 Å². The number of aliphatic hydroxyl groups excluding tert-OH is 1. The fourth-order valence-corrected chi connectivity index (χ4v) is 2.56. The first-order valence-corrected chi connectivity index (χ1v) is 9.56. The van der Waals surface area contributed by atoms with Crippen molar-refractivity contribution in [2.24, 2.45) is 0 Å². The highest BCUT2D eigenvalue weighted by Crippen LogP contribution is 2.20. The molecule has 2 rings (SSSR count). The van der Waals surface area contributed by atoms with Gasteiger partial charge in [0.2, 0.25) is 5.91 Å². The molecule has 0 aliphatic rings. The van der Waals surface area contributed by atoms with Crippen LogP contribution in [0.3, 0.4) is 0 Å². The molecule has 2 aromatic carbocycles. The number of aryl methyl sites for hydroxylation is 1. The Morgan fingerprint density at radius 2 is 1.86 bits per heavy atom. The van der Waals surface area contributed by atoms with Gasteiger partial charge in [-0.3, -0.25) is 9.59 Å². The first-order chi connectivity index (χ1) is 13.8. The van der Waals surface area contributed by atoms with Crippen LogP contribution in [0.4, 0.5) is 4.39 Å². The maximum Gasteiger partial charge on any atom is 0.257 e. The lowest BCUT2D eigenvalue weighted by atomic mass is 10.1. The van der Waals surface area contributed by atoms with Crippen LogP contribution >= 0.6 is 11.6 Å². The number of aliphatic hydroxyl groups is 1. The van der Waals surface area contributed by atoms with Crippen LogP contribution in [0.15, 0.2) is 42.5 Å². The third-order valence-electron chi connectivity index (χ3n) is 4.09. The van der Waals surface area contributed by atoms with Crippen LogP contribution in [0.1, 0.15) is 24.0 Å². The number of hydrogen-bond donors (Lipinski definition) is 3. The molecule has 0 radical (unpaired) electrons. The molecule has 0 saturated heterocycles. The molecule has 156 valence electrons. The molecule has 0 bridgehead atoms. The SMILES string of the molecule is Cc1ccc(CNC(=O)CC(O)CCNC(=O)COc2ccc(Cl)c(F)c2)cc1. The molecule has 2 aromatic rings. The molecule has 0 fully saturated rings. The van der Waals surface area contributed by atoms with E-state index in [1.54, 1.807) is 0 Å². The minimum absolute atomic E-state index is 0.0290. The Labute approximate surface area is 174 Å². The highest BCUT2D eigenvalue weighted by molar-refractivity contribution is 6.30. The Bertz CT molecular complexity index is 830. The summed E-state index contributed by atoms with van der Waals surface area (Å²) < 4.78 is 18.5. The molecule has 8 heteroatoms. The zero-order valence-electron chi connectivity index (χ0n) is 16.1. The van der Waals surface area contributed by atoms with Crippen LogP contribution in [0.25, 0.3) is 0 Å². The number of nitrogens with one attached hydrogen (secondary N) is 2. The van der Waals surface area contributed by atoms with E-state index < -0.39 is 17.8 Å². The van der Waals surface area contributed by atoms with E-state index in [2.05, 4.69) is 10.6 Å². The second-order valence-corrected chi connectivity index (χ2v) is 7.03. The zero-order valence-corrected chi connectivity index (χ0v) is 16.8. The average Bonchev–Trinajstić information content (AvgIpc) is 2.68. The van der Waals surface area contributed by atoms with E-state index in [1.807, 2.05) is 31.2 Å². The molecule has 0 aromatic heterocycles. The summed E-state index contributed by atoms with van der Waals surface area (Å²) in [6.07, 6.45) is -0.707. The summed E-state index contributed by atoms with van der Waals surface area (Å²) >= 11 is 5.57. The maximum atomic E-state index is 13.3. The van der Waals surface area contributed by atoms with Crippen LogP contribution in [-0.4, -0.2) is 36.2 Å². The van der Waals surface area contributed by atoms with Crippen LogP contribution in [0.5, 0.6) is 5.75 Å². The van der Waals surface area contributed by atoms with Crippen molar-refractivity contribution in [1.82, 2.24) is 10.6 Å². The summed E-state index contributed by atoms with van der Waals surface area (Å²) in [5.41, 5.74) is 2.12. The first-order valence-electron chi connectivity index (χ1n) is 9.18. The van der Waals surface area contributed by atoms with E-state index in [0.717, 1.165) is 17.2 Å². The van der Waals surface area contributed by atoms with Gasteiger partial charge in [0, 0.05) is 19.2 Å². The number of ether oxygens (including phenoxy) is 1. The van der Waals surface area contributed by atoms with E-state index in [1.165, 1.54) is 12.1 Å². The van der Waals surface area contributed by atoms with E-state index in [0.29, 0.717) is 6.54 Å². The van der Waals surface area contributed by atoms with Gasteiger partial charge in [0.1, 0.15) is 11.6 Å². The van der Waals surface area contributed by atoms with Gasteiger partial charge >= 0.3 is 0 Å². The number of carbonyl (C=O) groups excluding carboxylic acids is 2. The highest BCUT2D eigenvalue weighted by atomic mass is 35.5. The van der Waals surface area contributed by atoms with Crippen molar-refractivity contribution in [1.29, 1.82) is 0 Å². The van der Waals surface area contributed by atoms with Gasteiger partial charge in [-0.25, -0.2) is 4.39 Å². The van der Waals surface area contributed by atoms with Crippen molar-refractivity contribution in [3.8, 4) is 5.75 Å². The Balaban J connectivity index is 1.59. The van der Waals surface area contributed by atoms with Gasteiger partial charge < -0.3 is 20.5 Å². The van der Waals surface area contributed by atoms with Crippen LogP contribution in [-0.2, 0) is 16.1 Å². The van der Waals surface area contributed by atoms with Crippen LogP contribution in [0.2, 0.25) is 5.02 Å². The molecule has 0 aliphatic heterocycles. The standard InChI is InChI=1S/C21H24ClFN2O4/c1-14-2-4-15(5-3-14)12-25-20(27)10-16(26)8-9-24-21(28)13-29-17-6-7-18(22)19(23)11-17/h2-7,11,16,26H,8-10,12-13H2,1H3,(H,24,28)(H,25,27). The van der Waals surface area contributed by atoms with Crippen molar-refractivity contribution >= 4 is 23.4 Å². The largest absolute Gasteiger partial charge is 0.484 e. The number of hydrogen-bond acceptors (Lipinski definition) is 4. The molecule has 1 atom stereocenters. The van der Waals surface area contributed by atoms with Crippen molar-refractivity contribution in [2.45, 2.75) is 32.4 Å². The molecule has 0 spiro atoms. The van der Waals surface area contributed by atoms with Gasteiger partial charge in [-0.1, -0.05) is 41.4 Å². The van der Waals surface area contributed by atoms with Gasteiger partial charge in [0.05, 0.1) is 17.5 Å². The molecule has 0 saturated carbocycles.